The van der Waals surface area contributed by atoms with Crippen LogP contribution in [0.1, 0.15) is 0 Å². The van der Waals surface area contributed by atoms with E-state index in [4.69, 9.17) is 16.0 Å². The van der Waals surface area contributed by atoms with Crippen molar-refractivity contribution < 1.29 is 4.42 Å². The molecule has 0 aliphatic heterocycles. The molecule has 3 nitrogen and oxygen atoms in total. The molecule has 0 aliphatic rings. The number of benzene rings is 2. The van der Waals surface area contributed by atoms with E-state index in [1.165, 1.54) is 0 Å². The summed E-state index contributed by atoms with van der Waals surface area (Å²) in [7, 11) is 0. The summed E-state index contributed by atoms with van der Waals surface area (Å²) in [6.45, 7) is 0. The summed E-state index contributed by atoms with van der Waals surface area (Å²) in [5.74, 6) is 0. The Labute approximate surface area is 108 Å². The topological polar surface area (TPSA) is 43.1 Å². The molecule has 4 heteroatoms. The molecule has 0 aliphatic carbocycles. The van der Waals surface area contributed by atoms with Gasteiger partial charge in [0.2, 0.25) is 5.15 Å². The van der Waals surface area contributed by atoms with E-state index < -0.39 is 5.63 Å². The molecular formula is C14H8ClNO2. The summed E-state index contributed by atoms with van der Waals surface area (Å²) in [5.41, 5.74) is 2.46. The molecule has 0 unspecified atom stereocenters. The van der Waals surface area contributed by atoms with Crippen molar-refractivity contribution in [3.05, 3.63) is 64.1 Å². The maximum Gasteiger partial charge on any atom is 0.374 e. The predicted octanol–water partition coefficient (Wildman–Crippen LogP) is 3.51. The van der Waals surface area contributed by atoms with Crippen molar-refractivity contribution >= 4 is 22.7 Å². The number of nitrogens with zero attached hydrogens (tertiary/aromatic N) is 1. The van der Waals surface area contributed by atoms with E-state index in [2.05, 4.69) is 4.98 Å². The highest BCUT2D eigenvalue weighted by Crippen LogP contribution is 2.23. The largest absolute Gasteiger partial charge is 0.419 e. The average Bonchev–Trinajstić information content (AvgIpc) is 2.41. The van der Waals surface area contributed by atoms with E-state index in [9.17, 15) is 4.79 Å². The molecule has 0 spiro atoms. The highest BCUT2D eigenvalue weighted by Gasteiger charge is 2.06. The van der Waals surface area contributed by atoms with Crippen molar-refractivity contribution in [2.24, 2.45) is 0 Å². The van der Waals surface area contributed by atoms with Gasteiger partial charge in [-0.15, -0.1) is 0 Å². The first-order valence-corrected chi connectivity index (χ1v) is 5.78. The van der Waals surface area contributed by atoms with E-state index in [-0.39, 0.29) is 5.15 Å². The zero-order valence-electron chi connectivity index (χ0n) is 9.26. The van der Waals surface area contributed by atoms with Crippen LogP contribution in [0.15, 0.2) is 57.7 Å². The fourth-order valence-corrected chi connectivity index (χ4v) is 1.92. The third kappa shape index (κ3) is 1.89. The minimum atomic E-state index is -0.614. The summed E-state index contributed by atoms with van der Waals surface area (Å²) < 4.78 is 5.03. The van der Waals surface area contributed by atoms with Gasteiger partial charge in [-0.1, -0.05) is 48.0 Å². The number of hydrogen-bond acceptors (Lipinski definition) is 3. The van der Waals surface area contributed by atoms with Crippen LogP contribution in [-0.2, 0) is 0 Å². The molecular weight excluding hydrogens is 250 g/mol. The van der Waals surface area contributed by atoms with Crippen LogP contribution in [0.3, 0.4) is 0 Å². The Kier molecular flexibility index (Phi) is 2.61. The molecule has 0 atom stereocenters. The fraction of sp³-hybridized carbons (Fsp3) is 0. The molecule has 0 saturated heterocycles. The fourth-order valence-electron chi connectivity index (χ4n) is 1.79. The van der Waals surface area contributed by atoms with E-state index in [1.54, 1.807) is 6.07 Å². The molecule has 0 amide bonds. The summed E-state index contributed by atoms with van der Waals surface area (Å²) in [6.07, 6.45) is 0. The molecule has 3 rings (SSSR count). The quantitative estimate of drug-likeness (QED) is 0.670. The van der Waals surface area contributed by atoms with Crippen molar-refractivity contribution in [1.82, 2.24) is 4.98 Å². The van der Waals surface area contributed by atoms with Crippen LogP contribution >= 0.6 is 11.6 Å². The number of fused-ring (bicyclic) bond motifs is 1. The van der Waals surface area contributed by atoms with Gasteiger partial charge in [-0.25, -0.2) is 9.78 Å². The van der Waals surface area contributed by atoms with Gasteiger partial charge in [0.1, 0.15) is 5.52 Å². The minimum Gasteiger partial charge on any atom is -0.419 e. The van der Waals surface area contributed by atoms with Gasteiger partial charge in [-0.2, -0.15) is 0 Å². The monoisotopic (exact) mass is 257 g/mol. The highest BCUT2D eigenvalue weighted by molar-refractivity contribution is 6.29. The van der Waals surface area contributed by atoms with Crippen molar-refractivity contribution in [1.29, 1.82) is 0 Å². The smallest absolute Gasteiger partial charge is 0.374 e. The maximum absolute atomic E-state index is 11.2. The molecule has 0 saturated carbocycles. The van der Waals surface area contributed by atoms with E-state index >= 15 is 0 Å². The maximum atomic E-state index is 11.2. The number of aromatic nitrogens is 1. The van der Waals surface area contributed by atoms with Crippen molar-refractivity contribution in [2.45, 2.75) is 0 Å². The van der Waals surface area contributed by atoms with E-state index in [1.807, 2.05) is 42.5 Å². The normalized spacial score (nSPS) is 10.7. The summed E-state index contributed by atoms with van der Waals surface area (Å²) in [4.78, 5) is 15.2. The lowest BCUT2D eigenvalue weighted by atomic mass is 10.1. The Morgan fingerprint density at radius 3 is 2.56 bits per heavy atom. The van der Waals surface area contributed by atoms with Crippen molar-refractivity contribution in [2.75, 3.05) is 0 Å². The Morgan fingerprint density at radius 1 is 1.00 bits per heavy atom. The van der Waals surface area contributed by atoms with Crippen LogP contribution < -0.4 is 5.63 Å². The summed E-state index contributed by atoms with van der Waals surface area (Å²) >= 11 is 5.67. The lowest BCUT2D eigenvalue weighted by molar-refractivity contribution is 0.555. The van der Waals surface area contributed by atoms with Gasteiger partial charge in [-0.3, -0.25) is 0 Å². The lowest BCUT2D eigenvalue weighted by Gasteiger charge is -2.02. The first-order chi connectivity index (χ1) is 8.74. The van der Waals surface area contributed by atoms with Gasteiger partial charge < -0.3 is 4.42 Å². The van der Waals surface area contributed by atoms with Crippen LogP contribution in [0.5, 0.6) is 0 Å². The predicted molar refractivity (Wildman–Crippen MR) is 70.7 cm³/mol. The molecule has 1 aromatic heterocycles. The molecule has 2 aromatic carbocycles. The van der Waals surface area contributed by atoms with Crippen molar-refractivity contribution in [3.8, 4) is 11.1 Å². The first-order valence-electron chi connectivity index (χ1n) is 5.40. The first kappa shape index (κ1) is 11.0. The van der Waals surface area contributed by atoms with Gasteiger partial charge in [0.25, 0.3) is 0 Å². The van der Waals surface area contributed by atoms with E-state index in [0.29, 0.717) is 11.1 Å². The van der Waals surface area contributed by atoms with Gasteiger partial charge in [0.05, 0.1) is 0 Å². The molecule has 0 fully saturated rings. The highest BCUT2D eigenvalue weighted by atomic mass is 35.5. The van der Waals surface area contributed by atoms with E-state index in [0.717, 1.165) is 11.1 Å². The molecule has 88 valence electrons. The summed E-state index contributed by atoms with van der Waals surface area (Å²) in [5, 5.41) is -0.146. The van der Waals surface area contributed by atoms with Crippen LogP contribution in [0.2, 0.25) is 5.15 Å². The number of hydrogen-bond donors (Lipinski definition) is 0. The average molecular weight is 258 g/mol. The van der Waals surface area contributed by atoms with Gasteiger partial charge in [0.15, 0.2) is 5.58 Å². The lowest BCUT2D eigenvalue weighted by Crippen LogP contribution is -2.01. The molecule has 3 aromatic rings. The number of rotatable bonds is 1. The van der Waals surface area contributed by atoms with Crippen LogP contribution in [-0.4, -0.2) is 4.98 Å². The SMILES string of the molecule is O=c1oc2ccc(-c3ccccc3)cc2nc1Cl. The molecule has 0 N–H and O–H groups in total. The zero-order valence-corrected chi connectivity index (χ0v) is 10.0. The molecule has 1 heterocycles. The summed E-state index contributed by atoms with van der Waals surface area (Å²) in [6, 6.07) is 15.3. The minimum absolute atomic E-state index is 0.146. The standard InChI is InChI=1S/C14H8ClNO2/c15-13-14(17)18-12-7-6-10(8-11(12)16-13)9-4-2-1-3-5-9/h1-8H. The van der Waals surface area contributed by atoms with Gasteiger partial charge >= 0.3 is 5.63 Å². The third-order valence-corrected chi connectivity index (χ3v) is 2.89. The van der Waals surface area contributed by atoms with Crippen molar-refractivity contribution in [3.63, 3.8) is 0 Å². The second-order valence-electron chi connectivity index (χ2n) is 3.84. The zero-order chi connectivity index (χ0) is 12.5. The third-order valence-electron chi connectivity index (χ3n) is 2.66. The van der Waals surface area contributed by atoms with Crippen LogP contribution in [0.4, 0.5) is 0 Å². The second kappa shape index (κ2) is 4.27. The number of halogens is 1. The molecule has 0 bridgehead atoms. The van der Waals surface area contributed by atoms with Crippen LogP contribution in [0.25, 0.3) is 22.2 Å². The Balaban J connectivity index is 2.23. The van der Waals surface area contributed by atoms with Crippen LogP contribution in [0, 0.1) is 0 Å². The second-order valence-corrected chi connectivity index (χ2v) is 4.20. The molecule has 18 heavy (non-hydrogen) atoms. The van der Waals surface area contributed by atoms with Gasteiger partial charge in [0, 0.05) is 0 Å². The Hall–Kier alpha value is -2.13. The Bertz CT molecular complexity index is 766. The van der Waals surface area contributed by atoms with Gasteiger partial charge in [-0.05, 0) is 23.3 Å². The molecule has 0 radical (unpaired) electrons. The Morgan fingerprint density at radius 2 is 1.78 bits per heavy atom.